The summed E-state index contributed by atoms with van der Waals surface area (Å²) in [7, 11) is 0. The second-order valence-electron chi connectivity index (χ2n) is 2.29. The fourth-order valence-electron chi connectivity index (χ4n) is 0.761. The van der Waals surface area contributed by atoms with Crippen molar-refractivity contribution in [3.05, 3.63) is 28.2 Å². The van der Waals surface area contributed by atoms with Gasteiger partial charge in [-0.1, -0.05) is 0 Å². The largest absolute Gasteiger partial charge is 0.425 e. The molecule has 0 aliphatic heterocycles. The second-order valence-corrected chi connectivity index (χ2v) is 3.09. The van der Waals surface area contributed by atoms with E-state index in [2.05, 4.69) is 20.7 Å². The van der Waals surface area contributed by atoms with Crippen molar-refractivity contribution < 1.29 is 18.3 Å². The molecule has 0 amide bonds. The van der Waals surface area contributed by atoms with Gasteiger partial charge in [0.15, 0.2) is 5.75 Å². The van der Waals surface area contributed by atoms with E-state index in [-0.39, 0.29) is 10.2 Å². The number of rotatable bonds is 1. The Hall–Kier alpha value is -0.970. The summed E-state index contributed by atoms with van der Waals surface area (Å²) in [6, 6.07) is 1.62. The van der Waals surface area contributed by atoms with Crippen molar-refractivity contribution in [2.75, 3.05) is 0 Å². The van der Waals surface area contributed by atoms with Crippen LogP contribution < -0.4 is 4.74 Å². The zero-order chi connectivity index (χ0) is 10.0. The topological polar surface area (TPSA) is 26.3 Å². The lowest BCUT2D eigenvalue weighted by atomic mass is 10.3. The highest BCUT2D eigenvalue weighted by Crippen LogP contribution is 2.28. The van der Waals surface area contributed by atoms with Gasteiger partial charge in [-0.2, -0.15) is 0 Å². The molecule has 1 rings (SSSR count). The quantitative estimate of drug-likeness (QED) is 0.435. The first-order valence-corrected chi connectivity index (χ1v) is 4.13. The first kappa shape index (κ1) is 10.1. The first-order chi connectivity index (χ1) is 6.00. The minimum atomic E-state index is -0.809. The van der Waals surface area contributed by atoms with Crippen LogP contribution in [-0.4, -0.2) is 5.97 Å². The molecule has 0 bridgehead atoms. The van der Waals surface area contributed by atoms with Crippen molar-refractivity contribution in [2.45, 2.75) is 6.92 Å². The highest BCUT2D eigenvalue weighted by molar-refractivity contribution is 9.10. The van der Waals surface area contributed by atoms with E-state index in [9.17, 15) is 13.6 Å². The van der Waals surface area contributed by atoms with E-state index in [0.717, 1.165) is 13.0 Å². The molecular weight excluding hydrogens is 246 g/mol. The standard InChI is InChI=1S/C8H5BrF2O2/c1-4(12)13-7-3-5(10)2-6(11)8(7)9/h2-3H,1H3. The summed E-state index contributed by atoms with van der Waals surface area (Å²) in [6.45, 7) is 1.15. The average Bonchev–Trinajstić information content (AvgIpc) is 1.98. The molecule has 0 unspecified atom stereocenters. The van der Waals surface area contributed by atoms with Gasteiger partial charge in [0, 0.05) is 19.1 Å². The van der Waals surface area contributed by atoms with Gasteiger partial charge in [0.1, 0.15) is 11.6 Å². The molecule has 13 heavy (non-hydrogen) atoms. The van der Waals surface area contributed by atoms with Crippen molar-refractivity contribution in [1.82, 2.24) is 0 Å². The number of hydrogen-bond acceptors (Lipinski definition) is 2. The molecular formula is C8H5BrF2O2. The van der Waals surface area contributed by atoms with Gasteiger partial charge in [-0.05, 0) is 15.9 Å². The number of carbonyl (C=O) groups excluding carboxylic acids is 1. The van der Waals surface area contributed by atoms with Crippen LogP contribution in [0.15, 0.2) is 16.6 Å². The molecule has 0 fully saturated rings. The Balaban J connectivity index is 3.12. The number of halogens is 3. The predicted molar refractivity (Wildman–Crippen MR) is 45.4 cm³/mol. The van der Waals surface area contributed by atoms with Crippen molar-refractivity contribution >= 4 is 21.9 Å². The summed E-state index contributed by atoms with van der Waals surface area (Å²) >= 11 is 2.82. The molecule has 2 nitrogen and oxygen atoms in total. The van der Waals surface area contributed by atoms with Crippen LogP contribution in [0, 0.1) is 11.6 Å². The zero-order valence-electron chi connectivity index (χ0n) is 6.61. The maximum atomic E-state index is 12.8. The monoisotopic (exact) mass is 250 g/mol. The molecule has 5 heteroatoms. The van der Waals surface area contributed by atoms with Crippen LogP contribution in [0.25, 0.3) is 0 Å². The molecule has 70 valence electrons. The summed E-state index contributed by atoms with van der Waals surface area (Å²) in [5.74, 6) is -2.40. The third-order valence-electron chi connectivity index (χ3n) is 1.21. The lowest BCUT2D eigenvalue weighted by Crippen LogP contribution is -2.03. The van der Waals surface area contributed by atoms with Crippen LogP contribution in [0.4, 0.5) is 8.78 Å². The number of hydrogen-bond donors (Lipinski definition) is 0. The van der Waals surface area contributed by atoms with E-state index in [1.165, 1.54) is 0 Å². The number of carbonyl (C=O) groups is 1. The van der Waals surface area contributed by atoms with Crippen molar-refractivity contribution in [2.24, 2.45) is 0 Å². The highest BCUT2D eigenvalue weighted by Gasteiger charge is 2.11. The van der Waals surface area contributed by atoms with Gasteiger partial charge in [0.05, 0.1) is 4.47 Å². The summed E-state index contributed by atoms with van der Waals surface area (Å²) in [5, 5.41) is 0. The van der Waals surface area contributed by atoms with Gasteiger partial charge in [0.25, 0.3) is 0 Å². The Morgan fingerprint density at radius 2 is 2.08 bits per heavy atom. The van der Waals surface area contributed by atoms with Crippen LogP contribution >= 0.6 is 15.9 Å². The van der Waals surface area contributed by atoms with Crippen LogP contribution in [0.1, 0.15) is 6.92 Å². The summed E-state index contributed by atoms with van der Waals surface area (Å²) < 4.78 is 29.9. The van der Waals surface area contributed by atoms with E-state index >= 15 is 0 Å². The Labute approximate surface area is 81.6 Å². The average molecular weight is 251 g/mol. The van der Waals surface area contributed by atoms with E-state index < -0.39 is 17.6 Å². The molecule has 0 saturated carbocycles. The zero-order valence-corrected chi connectivity index (χ0v) is 8.19. The van der Waals surface area contributed by atoms with Gasteiger partial charge in [-0.15, -0.1) is 0 Å². The van der Waals surface area contributed by atoms with E-state index in [0.29, 0.717) is 6.07 Å². The Morgan fingerprint density at radius 1 is 1.46 bits per heavy atom. The molecule has 0 heterocycles. The van der Waals surface area contributed by atoms with Gasteiger partial charge < -0.3 is 4.74 Å². The molecule has 0 aliphatic carbocycles. The lowest BCUT2D eigenvalue weighted by Gasteiger charge is -2.04. The highest BCUT2D eigenvalue weighted by atomic mass is 79.9. The lowest BCUT2D eigenvalue weighted by molar-refractivity contribution is -0.131. The van der Waals surface area contributed by atoms with Gasteiger partial charge in [0.2, 0.25) is 0 Å². The minimum absolute atomic E-state index is 0.0656. The molecule has 0 N–H and O–H groups in total. The molecule has 0 aromatic heterocycles. The molecule has 1 aromatic rings. The normalized spacial score (nSPS) is 9.85. The van der Waals surface area contributed by atoms with E-state index in [1.807, 2.05) is 0 Å². The fraction of sp³-hybridized carbons (Fsp3) is 0.125. The Morgan fingerprint density at radius 3 is 2.62 bits per heavy atom. The van der Waals surface area contributed by atoms with Gasteiger partial charge >= 0.3 is 5.97 Å². The van der Waals surface area contributed by atoms with Gasteiger partial charge in [-0.25, -0.2) is 8.78 Å². The third kappa shape index (κ3) is 2.48. The predicted octanol–water partition coefficient (Wildman–Crippen LogP) is 2.65. The molecule has 0 aliphatic rings. The van der Waals surface area contributed by atoms with E-state index in [4.69, 9.17) is 0 Å². The Kier molecular flexibility index (Phi) is 2.98. The molecule has 0 saturated heterocycles. The van der Waals surface area contributed by atoms with Crippen LogP contribution in [0.3, 0.4) is 0 Å². The van der Waals surface area contributed by atoms with Gasteiger partial charge in [-0.3, -0.25) is 4.79 Å². The van der Waals surface area contributed by atoms with Crippen LogP contribution in [-0.2, 0) is 4.79 Å². The van der Waals surface area contributed by atoms with Crippen LogP contribution in [0.5, 0.6) is 5.75 Å². The molecule has 0 spiro atoms. The smallest absolute Gasteiger partial charge is 0.308 e. The SMILES string of the molecule is CC(=O)Oc1cc(F)cc(F)c1Br. The maximum Gasteiger partial charge on any atom is 0.308 e. The minimum Gasteiger partial charge on any atom is -0.425 e. The molecule has 0 atom stereocenters. The van der Waals surface area contributed by atoms with Crippen molar-refractivity contribution in [1.29, 1.82) is 0 Å². The summed E-state index contributed by atoms with van der Waals surface area (Å²) in [4.78, 5) is 10.5. The second kappa shape index (κ2) is 3.83. The van der Waals surface area contributed by atoms with E-state index in [1.54, 1.807) is 0 Å². The maximum absolute atomic E-state index is 12.8. The fourth-order valence-corrected chi connectivity index (χ4v) is 1.07. The van der Waals surface area contributed by atoms with Crippen LogP contribution in [0.2, 0.25) is 0 Å². The number of benzene rings is 1. The molecule has 0 radical (unpaired) electrons. The third-order valence-corrected chi connectivity index (χ3v) is 1.98. The van der Waals surface area contributed by atoms with Crippen molar-refractivity contribution in [3.63, 3.8) is 0 Å². The number of esters is 1. The summed E-state index contributed by atoms with van der Waals surface area (Å²) in [5.41, 5.74) is 0. The molecule has 1 aromatic carbocycles. The Bertz CT molecular complexity index is 352. The van der Waals surface area contributed by atoms with Crippen molar-refractivity contribution in [3.8, 4) is 5.75 Å². The first-order valence-electron chi connectivity index (χ1n) is 3.33. The summed E-state index contributed by atoms with van der Waals surface area (Å²) in [6.07, 6.45) is 0. The number of ether oxygens (including phenoxy) is 1.